The van der Waals surface area contributed by atoms with E-state index in [9.17, 15) is 25.0 Å². The van der Waals surface area contributed by atoms with E-state index in [1.165, 1.54) is 42.1 Å². The standard InChI is InChI=1S/C17H16N2O6S/c1-11(13-4-3-5-15(10-13)19(23)24)25-17(20)12(2)26-16-8-6-14(7-9-16)18(21)22/h3-12H,1-2H3/t11-,12+/m0/s1. The van der Waals surface area contributed by atoms with Crippen LogP contribution in [0.1, 0.15) is 25.5 Å². The SMILES string of the molecule is C[C@H](OC(=O)[C@@H](C)Sc1ccc([N+](=O)[O-])cc1)c1cccc([N+](=O)[O-])c1. The van der Waals surface area contributed by atoms with E-state index in [1.807, 2.05) is 0 Å². The molecule has 0 N–H and O–H groups in total. The molecule has 9 heteroatoms. The van der Waals surface area contributed by atoms with Gasteiger partial charge in [0, 0.05) is 29.2 Å². The zero-order valence-corrected chi connectivity index (χ0v) is 14.8. The van der Waals surface area contributed by atoms with Crippen molar-refractivity contribution in [1.82, 2.24) is 0 Å². The number of esters is 1. The molecule has 0 amide bonds. The summed E-state index contributed by atoms with van der Waals surface area (Å²) in [5.41, 5.74) is 0.433. The minimum atomic E-state index is -0.637. The van der Waals surface area contributed by atoms with Gasteiger partial charge in [0.25, 0.3) is 11.4 Å². The smallest absolute Gasteiger partial charge is 0.319 e. The molecule has 0 fully saturated rings. The van der Waals surface area contributed by atoms with E-state index in [-0.39, 0.29) is 11.4 Å². The van der Waals surface area contributed by atoms with Crippen LogP contribution in [0.2, 0.25) is 0 Å². The average Bonchev–Trinajstić information content (AvgIpc) is 2.62. The van der Waals surface area contributed by atoms with Crippen LogP contribution in [-0.2, 0) is 9.53 Å². The monoisotopic (exact) mass is 376 g/mol. The van der Waals surface area contributed by atoms with Crippen molar-refractivity contribution in [3.63, 3.8) is 0 Å². The van der Waals surface area contributed by atoms with Crippen LogP contribution in [0.4, 0.5) is 11.4 Å². The average molecular weight is 376 g/mol. The Balaban J connectivity index is 1.98. The molecule has 2 aromatic carbocycles. The van der Waals surface area contributed by atoms with Crippen LogP contribution < -0.4 is 0 Å². The van der Waals surface area contributed by atoms with Gasteiger partial charge in [0.15, 0.2) is 0 Å². The zero-order chi connectivity index (χ0) is 19.3. The Bertz CT molecular complexity index is 824. The first kappa shape index (κ1) is 19.4. The van der Waals surface area contributed by atoms with Crippen molar-refractivity contribution in [2.45, 2.75) is 30.1 Å². The molecule has 136 valence electrons. The second-order valence-corrected chi connectivity index (χ2v) is 6.86. The Kier molecular flexibility index (Phi) is 6.29. The first-order valence-electron chi connectivity index (χ1n) is 7.64. The molecule has 0 radical (unpaired) electrons. The maximum Gasteiger partial charge on any atom is 0.319 e. The number of nitrogens with zero attached hydrogens (tertiary/aromatic N) is 2. The van der Waals surface area contributed by atoms with Gasteiger partial charge in [-0.25, -0.2) is 0 Å². The summed E-state index contributed by atoms with van der Waals surface area (Å²) in [5.74, 6) is -0.479. The normalized spacial score (nSPS) is 12.8. The fourth-order valence-corrected chi connectivity index (χ4v) is 2.98. The number of ether oxygens (including phenoxy) is 1. The predicted molar refractivity (Wildman–Crippen MR) is 96.0 cm³/mol. The number of benzene rings is 2. The largest absolute Gasteiger partial charge is 0.457 e. The Morgan fingerprint density at radius 3 is 2.19 bits per heavy atom. The van der Waals surface area contributed by atoms with Crippen LogP contribution in [-0.4, -0.2) is 21.1 Å². The third-order valence-electron chi connectivity index (χ3n) is 3.54. The van der Waals surface area contributed by atoms with Crippen molar-refractivity contribution in [2.75, 3.05) is 0 Å². The highest BCUT2D eigenvalue weighted by molar-refractivity contribution is 8.00. The van der Waals surface area contributed by atoms with E-state index >= 15 is 0 Å². The molecule has 2 atom stereocenters. The predicted octanol–water partition coefficient (Wildman–Crippen LogP) is 4.29. The van der Waals surface area contributed by atoms with Crippen LogP contribution in [0.5, 0.6) is 0 Å². The fourth-order valence-electron chi connectivity index (χ4n) is 2.13. The number of hydrogen-bond acceptors (Lipinski definition) is 7. The number of non-ortho nitro benzene ring substituents is 2. The molecule has 0 saturated carbocycles. The van der Waals surface area contributed by atoms with Crippen LogP contribution in [0.25, 0.3) is 0 Å². The Hall–Kier alpha value is -2.94. The fraction of sp³-hybridized carbons (Fsp3) is 0.235. The molecule has 0 spiro atoms. The van der Waals surface area contributed by atoms with E-state index < -0.39 is 27.2 Å². The highest BCUT2D eigenvalue weighted by Gasteiger charge is 2.21. The molecule has 0 aliphatic carbocycles. The number of rotatable bonds is 7. The molecular formula is C17H16N2O6S. The third kappa shape index (κ3) is 5.03. The topological polar surface area (TPSA) is 113 Å². The first-order valence-corrected chi connectivity index (χ1v) is 8.52. The summed E-state index contributed by atoms with van der Waals surface area (Å²) in [5, 5.41) is 20.9. The van der Waals surface area contributed by atoms with E-state index in [0.717, 1.165) is 0 Å². The molecule has 0 aliphatic heterocycles. The summed E-state index contributed by atoms with van der Waals surface area (Å²) in [6.45, 7) is 3.30. The lowest BCUT2D eigenvalue weighted by molar-refractivity contribution is -0.385. The summed E-state index contributed by atoms with van der Waals surface area (Å²) < 4.78 is 5.38. The van der Waals surface area contributed by atoms with Crippen LogP contribution >= 0.6 is 11.8 Å². The second kappa shape index (κ2) is 8.43. The minimum absolute atomic E-state index is 0.0242. The van der Waals surface area contributed by atoms with E-state index in [4.69, 9.17) is 4.74 Å². The van der Waals surface area contributed by atoms with Gasteiger partial charge in [-0.05, 0) is 31.5 Å². The molecule has 0 aliphatic rings. The molecule has 26 heavy (non-hydrogen) atoms. The molecule has 0 aromatic heterocycles. The second-order valence-electron chi connectivity index (χ2n) is 5.44. The van der Waals surface area contributed by atoms with Gasteiger partial charge in [-0.1, -0.05) is 12.1 Å². The number of nitro groups is 2. The molecule has 0 heterocycles. The zero-order valence-electron chi connectivity index (χ0n) is 14.0. The minimum Gasteiger partial charge on any atom is -0.457 e. The third-order valence-corrected chi connectivity index (χ3v) is 4.63. The van der Waals surface area contributed by atoms with Crippen molar-refractivity contribution in [1.29, 1.82) is 0 Å². The van der Waals surface area contributed by atoms with Crippen molar-refractivity contribution in [2.24, 2.45) is 0 Å². The van der Waals surface area contributed by atoms with Crippen molar-refractivity contribution in [3.05, 3.63) is 74.3 Å². The van der Waals surface area contributed by atoms with Crippen molar-refractivity contribution >= 4 is 29.1 Å². The van der Waals surface area contributed by atoms with Gasteiger partial charge in [-0.15, -0.1) is 11.8 Å². The molecular weight excluding hydrogens is 360 g/mol. The molecule has 2 rings (SSSR count). The van der Waals surface area contributed by atoms with Gasteiger partial charge in [-0.2, -0.15) is 0 Å². The van der Waals surface area contributed by atoms with Gasteiger partial charge in [0.05, 0.1) is 9.85 Å². The summed E-state index contributed by atoms with van der Waals surface area (Å²) in [6.07, 6.45) is -0.637. The van der Waals surface area contributed by atoms with Gasteiger partial charge in [0.2, 0.25) is 0 Å². The summed E-state index contributed by atoms with van der Waals surface area (Å²) in [7, 11) is 0. The maximum atomic E-state index is 12.2. The summed E-state index contributed by atoms with van der Waals surface area (Å²) >= 11 is 1.21. The van der Waals surface area contributed by atoms with Gasteiger partial charge < -0.3 is 4.74 Å². The lowest BCUT2D eigenvalue weighted by atomic mass is 10.1. The van der Waals surface area contributed by atoms with Gasteiger partial charge in [-0.3, -0.25) is 25.0 Å². The molecule has 0 bridgehead atoms. The lowest BCUT2D eigenvalue weighted by Crippen LogP contribution is -2.18. The first-order chi connectivity index (χ1) is 12.3. The van der Waals surface area contributed by atoms with Gasteiger partial charge in [0.1, 0.15) is 11.4 Å². The number of hydrogen-bond donors (Lipinski definition) is 0. The van der Waals surface area contributed by atoms with E-state index in [2.05, 4.69) is 0 Å². The quantitative estimate of drug-likeness (QED) is 0.306. The number of carbonyl (C=O) groups is 1. The Labute approximate surface area is 153 Å². The highest BCUT2D eigenvalue weighted by atomic mass is 32.2. The Morgan fingerprint density at radius 2 is 1.62 bits per heavy atom. The molecule has 2 aromatic rings. The van der Waals surface area contributed by atoms with Crippen molar-refractivity contribution in [3.8, 4) is 0 Å². The Morgan fingerprint density at radius 1 is 1.00 bits per heavy atom. The van der Waals surface area contributed by atoms with Gasteiger partial charge >= 0.3 is 5.97 Å². The number of carbonyl (C=O) groups excluding carboxylic acids is 1. The maximum absolute atomic E-state index is 12.2. The van der Waals surface area contributed by atoms with E-state index in [1.54, 1.807) is 32.0 Å². The molecule has 0 unspecified atom stereocenters. The molecule has 0 saturated heterocycles. The molecule has 8 nitrogen and oxygen atoms in total. The van der Waals surface area contributed by atoms with Crippen LogP contribution in [0.15, 0.2) is 53.4 Å². The number of thioether (sulfide) groups is 1. The van der Waals surface area contributed by atoms with Crippen LogP contribution in [0.3, 0.4) is 0 Å². The van der Waals surface area contributed by atoms with Crippen LogP contribution in [0, 0.1) is 20.2 Å². The summed E-state index contributed by atoms with van der Waals surface area (Å²) in [6, 6.07) is 11.8. The highest BCUT2D eigenvalue weighted by Crippen LogP contribution is 2.28. The number of nitro benzene ring substituents is 2. The van der Waals surface area contributed by atoms with Crippen molar-refractivity contribution < 1.29 is 19.4 Å². The lowest BCUT2D eigenvalue weighted by Gasteiger charge is -2.17. The van der Waals surface area contributed by atoms with E-state index in [0.29, 0.717) is 10.5 Å². The summed E-state index contributed by atoms with van der Waals surface area (Å²) in [4.78, 5) is 33.4.